The van der Waals surface area contributed by atoms with Gasteiger partial charge in [-0.2, -0.15) is 0 Å². The molecule has 7 aromatic carbocycles. The van der Waals surface area contributed by atoms with Crippen LogP contribution in [0.25, 0.3) is 75.9 Å². The van der Waals surface area contributed by atoms with Crippen molar-refractivity contribution < 1.29 is 4.42 Å². The SMILES string of the molecule is CC1=Cc2ccc(C3=CC[C@H](C)C(c4cc(-c5ccccc5-c5cc6ccccc6cc5N)cc5oc6c(c45)CCCC6)=NC(c4ccc5c(c4)sc4ccccc45)=N3)cc2CC1. The van der Waals surface area contributed by atoms with E-state index in [0.29, 0.717) is 0 Å². The van der Waals surface area contributed by atoms with Crippen molar-refractivity contribution >= 4 is 82.3 Å². The molecule has 4 nitrogen and oxygen atoms in total. The summed E-state index contributed by atoms with van der Waals surface area (Å²) in [6.45, 7) is 4.57. The largest absolute Gasteiger partial charge is 0.461 e. The zero-order valence-corrected chi connectivity index (χ0v) is 36.5. The number of aliphatic imine (C=N–C) groups is 2. The van der Waals surface area contributed by atoms with E-state index < -0.39 is 0 Å². The number of rotatable bonds is 5. The lowest BCUT2D eigenvalue weighted by Gasteiger charge is -2.21. The van der Waals surface area contributed by atoms with E-state index >= 15 is 0 Å². The minimum absolute atomic E-state index is 0.0840. The molecular weight excluding hydrogens is 787 g/mol. The molecule has 0 radical (unpaired) electrons. The number of aryl methyl sites for hydroxylation is 3. The number of thiophene rings is 1. The third kappa shape index (κ3) is 6.65. The van der Waals surface area contributed by atoms with E-state index in [-0.39, 0.29) is 5.92 Å². The van der Waals surface area contributed by atoms with Gasteiger partial charge in [0.25, 0.3) is 0 Å². The molecule has 1 aliphatic heterocycles. The van der Waals surface area contributed by atoms with Crippen LogP contribution in [0.15, 0.2) is 160 Å². The molecule has 3 aliphatic rings. The average molecular weight is 834 g/mol. The third-order valence-electron chi connectivity index (χ3n) is 13.6. The molecule has 0 fully saturated rings. The van der Waals surface area contributed by atoms with Gasteiger partial charge in [0.2, 0.25) is 0 Å². The van der Waals surface area contributed by atoms with Crippen LogP contribution in [0.5, 0.6) is 0 Å². The van der Waals surface area contributed by atoms with Gasteiger partial charge in [-0.1, -0.05) is 116 Å². The monoisotopic (exact) mass is 833 g/mol. The van der Waals surface area contributed by atoms with Crippen molar-refractivity contribution in [2.45, 2.75) is 58.8 Å². The summed E-state index contributed by atoms with van der Waals surface area (Å²) >= 11 is 1.83. The van der Waals surface area contributed by atoms with Crippen LogP contribution >= 0.6 is 11.3 Å². The number of furan rings is 1. The summed E-state index contributed by atoms with van der Waals surface area (Å²) in [7, 11) is 0. The molecule has 2 aliphatic carbocycles. The van der Waals surface area contributed by atoms with Crippen LogP contribution in [0.4, 0.5) is 5.69 Å². The molecule has 0 saturated heterocycles. The average Bonchev–Trinajstić information content (AvgIpc) is 3.88. The fourth-order valence-electron chi connectivity index (χ4n) is 10.3. The fraction of sp³-hybridized carbons (Fsp3) is 0.172. The molecule has 0 amide bonds. The molecular formula is C58H47N3OS. The summed E-state index contributed by atoms with van der Waals surface area (Å²) < 4.78 is 9.42. The van der Waals surface area contributed by atoms with E-state index in [1.165, 1.54) is 53.2 Å². The molecule has 0 bridgehead atoms. The normalized spacial score (nSPS) is 16.6. The van der Waals surface area contributed by atoms with Crippen LogP contribution in [-0.4, -0.2) is 11.5 Å². The molecule has 0 spiro atoms. The molecule has 306 valence electrons. The molecule has 9 aromatic rings. The molecule has 0 saturated carbocycles. The summed E-state index contributed by atoms with van der Waals surface area (Å²) in [4.78, 5) is 11.4. The number of anilines is 1. The second-order valence-corrected chi connectivity index (χ2v) is 18.9. The van der Waals surface area contributed by atoms with E-state index in [0.717, 1.165) is 124 Å². The highest BCUT2D eigenvalue weighted by molar-refractivity contribution is 7.25. The number of benzene rings is 7. The Labute approximate surface area is 371 Å². The van der Waals surface area contributed by atoms with Gasteiger partial charge in [-0.3, -0.25) is 0 Å². The van der Waals surface area contributed by atoms with Crippen LogP contribution in [0.2, 0.25) is 0 Å². The number of nitrogens with zero attached hydrogens (tertiary/aromatic N) is 2. The molecule has 2 N–H and O–H groups in total. The first-order valence-electron chi connectivity index (χ1n) is 22.5. The van der Waals surface area contributed by atoms with Crippen LogP contribution in [0, 0.1) is 5.92 Å². The lowest BCUT2D eigenvalue weighted by molar-refractivity contribution is 0.506. The summed E-state index contributed by atoms with van der Waals surface area (Å²) in [5.74, 6) is 1.93. The van der Waals surface area contributed by atoms with Crippen molar-refractivity contribution in [3.05, 3.63) is 184 Å². The number of amidine groups is 1. The van der Waals surface area contributed by atoms with Gasteiger partial charge in [0.05, 0.1) is 11.4 Å². The summed E-state index contributed by atoms with van der Waals surface area (Å²) in [6.07, 6.45) is 11.9. The van der Waals surface area contributed by atoms with Crippen molar-refractivity contribution in [1.29, 1.82) is 0 Å². The quantitative estimate of drug-likeness (QED) is 0.176. The molecule has 2 aromatic heterocycles. The highest BCUT2D eigenvalue weighted by Gasteiger charge is 2.28. The van der Waals surface area contributed by atoms with Crippen molar-refractivity contribution in [2.75, 3.05) is 5.73 Å². The van der Waals surface area contributed by atoms with Gasteiger partial charge >= 0.3 is 0 Å². The summed E-state index contributed by atoms with van der Waals surface area (Å²) in [5, 5.41) is 6.05. The van der Waals surface area contributed by atoms with Crippen LogP contribution in [0.1, 0.15) is 78.7 Å². The van der Waals surface area contributed by atoms with E-state index in [9.17, 15) is 0 Å². The summed E-state index contributed by atoms with van der Waals surface area (Å²) in [5.41, 5.74) is 23.7. The number of fused-ring (bicyclic) bond motifs is 8. The Balaban J connectivity index is 1.08. The highest BCUT2D eigenvalue weighted by atomic mass is 32.1. The Bertz CT molecular complexity index is 3480. The smallest absolute Gasteiger partial charge is 0.160 e. The van der Waals surface area contributed by atoms with Gasteiger partial charge in [0.15, 0.2) is 5.84 Å². The van der Waals surface area contributed by atoms with Gasteiger partial charge in [0.1, 0.15) is 11.3 Å². The molecule has 3 heterocycles. The second-order valence-electron chi connectivity index (χ2n) is 17.8. The molecule has 0 unspecified atom stereocenters. The van der Waals surface area contributed by atoms with E-state index in [4.69, 9.17) is 20.1 Å². The number of hydrogen-bond acceptors (Lipinski definition) is 5. The van der Waals surface area contributed by atoms with Crippen LogP contribution in [-0.2, 0) is 19.3 Å². The maximum Gasteiger partial charge on any atom is 0.160 e. The Morgan fingerprint density at radius 1 is 0.635 bits per heavy atom. The topological polar surface area (TPSA) is 63.9 Å². The van der Waals surface area contributed by atoms with Gasteiger partial charge in [-0.25, -0.2) is 9.98 Å². The second kappa shape index (κ2) is 15.2. The number of nitrogen functional groups attached to an aromatic ring is 1. The van der Waals surface area contributed by atoms with Crippen molar-refractivity contribution in [2.24, 2.45) is 15.9 Å². The van der Waals surface area contributed by atoms with Gasteiger partial charge < -0.3 is 10.2 Å². The first-order valence-corrected chi connectivity index (χ1v) is 23.3. The van der Waals surface area contributed by atoms with E-state index in [1.807, 2.05) is 11.3 Å². The molecule has 63 heavy (non-hydrogen) atoms. The standard InChI is InChI=1S/C58H47N3OS/c1-34-19-21-39-28-40(23-22-38(39)27-34)51-26-20-35(2)57(61-58(60-51)41-24-25-46-45-15-8-10-18-54(45)63-55(46)33-41)49-30-42(32-53-56(49)47-16-7-9-17-52(47)62-53)43-13-5-6-14-44(43)48-29-36-11-3-4-12-37(36)31-50(48)59/h3-6,8,10-15,18,22-33,35H,7,9,16-17,19-21,59H2,1-2H3/t35-/m0/s1. The Morgan fingerprint density at radius 3 is 2.32 bits per heavy atom. The molecule has 1 atom stereocenters. The predicted molar refractivity (Wildman–Crippen MR) is 268 cm³/mol. The Kier molecular flexibility index (Phi) is 9.15. The molecule has 12 rings (SSSR count). The molecule has 5 heteroatoms. The highest BCUT2D eigenvalue weighted by Crippen LogP contribution is 2.43. The van der Waals surface area contributed by atoms with Crippen molar-refractivity contribution in [3.8, 4) is 22.3 Å². The van der Waals surface area contributed by atoms with Gasteiger partial charge in [-0.05, 0) is 127 Å². The Hall–Kier alpha value is -6.82. The first-order chi connectivity index (χ1) is 30.9. The minimum Gasteiger partial charge on any atom is -0.461 e. The van der Waals surface area contributed by atoms with Crippen LogP contribution in [0.3, 0.4) is 0 Å². The summed E-state index contributed by atoms with van der Waals surface area (Å²) in [6, 6.07) is 48.4. The zero-order valence-electron chi connectivity index (χ0n) is 35.7. The van der Waals surface area contributed by atoms with Crippen molar-refractivity contribution in [1.82, 2.24) is 0 Å². The van der Waals surface area contributed by atoms with Gasteiger partial charge in [0, 0.05) is 71.4 Å². The maximum atomic E-state index is 6.89. The number of allylic oxidation sites excluding steroid dienone is 2. The number of hydrogen-bond donors (Lipinski definition) is 1. The number of nitrogens with two attached hydrogens (primary N) is 1. The lowest BCUT2D eigenvalue weighted by atomic mass is 9.85. The minimum atomic E-state index is 0.0840. The van der Waals surface area contributed by atoms with Gasteiger partial charge in [-0.15, -0.1) is 11.3 Å². The van der Waals surface area contributed by atoms with E-state index in [1.54, 1.807) is 0 Å². The Morgan fingerprint density at radius 2 is 1.41 bits per heavy atom. The maximum absolute atomic E-state index is 6.89. The lowest BCUT2D eigenvalue weighted by Crippen LogP contribution is -2.18. The van der Waals surface area contributed by atoms with Crippen molar-refractivity contribution in [3.63, 3.8) is 0 Å². The predicted octanol–water partition coefficient (Wildman–Crippen LogP) is 15.4. The van der Waals surface area contributed by atoms with E-state index in [2.05, 4.69) is 159 Å². The zero-order chi connectivity index (χ0) is 42.2. The first kappa shape index (κ1) is 37.9. The third-order valence-corrected chi connectivity index (χ3v) is 14.8. The fourth-order valence-corrected chi connectivity index (χ4v) is 11.5. The van der Waals surface area contributed by atoms with Crippen LogP contribution < -0.4 is 5.73 Å².